The predicted molar refractivity (Wildman–Crippen MR) is 82.1 cm³/mol. The quantitative estimate of drug-likeness (QED) is 0.706. The van der Waals surface area contributed by atoms with Crippen LogP contribution in [0.4, 0.5) is 0 Å². The average molecular weight is 296 g/mol. The first-order valence-corrected chi connectivity index (χ1v) is 7.73. The van der Waals surface area contributed by atoms with E-state index in [9.17, 15) is 4.79 Å². The van der Waals surface area contributed by atoms with Crippen LogP contribution in [0.5, 0.6) is 0 Å². The lowest BCUT2D eigenvalue weighted by Gasteiger charge is -2.28. The molecule has 1 N–H and O–H groups in total. The molecular weight excluding hydrogens is 268 g/mol. The van der Waals surface area contributed by atoms with E-state index in [1.165, 1.54) is 0 Å². The molecule has 0 aliphatic carbocycles. The third-order valence-corrected chi connectivity index (χ3v) is 3.50. The van der Waals surface area contributed by atoms with Crippen LogP contribution in [-0.2, 0) is 16.1 Å². The number of aromatic nitrogens is 3. The van der Waals surface area contributed by atoms with Crippen molar-refractivity contribution in [2.45, 2.75) is 66.0 Å². The van der Waals surface area contributed by atoms with E-state index in [0.29, 0.717) is 13.0 Å². The summed E-state index contributed by atoms with van der Waals surface area (Å²) in [4.78, 5) is 16.4. The average Bonchev–Trinajstić information content (AvgIpc) is 2.75. The van der Waals surface area contributed by atoms with Gasteiger partial charge in [0.25, 0.3) is 0 Å². The molecule has 0 bridgehead atoms. The van der Waals surface area contributed by atoms with Crippen molar-refractivity contribution in [2.75, 3.05) is 13.2 Å². The molecule has 1 unspecified atom stereocenters. The van der Waals surface area contributed by atoms with Crippen molar-refractivity contribution in [1.82, 2.24) is 20.1 Å². The summed E-state index contributed by atoms with van der Waals surface area (Å²) in [5.41, 5.74) is -0.629. The number of hydrogen-bond acceptors (Lipinski definition) is 5. The van der Waals surface area contributed by atoms with Gasteiger partial charge in [0.1, 0.15) is 17.2 Å². The van der Waals surface area contributed by atoms with E-state index in [2.05, 4.69) is 22.3 Å². The fourth-order valence-corrected chi connectivity index (χ4v) is 2.31. The highest BCUT2D eigenvalue weighted by molar-refractivity contribution is 5.80. The molecule has 0 fully saturated rings. The number of carbonyl (C=O) groups is 1. The van der Waals surface area contributed by atoms with Crippen molar-refractivity contribution in [3.63, 3.8) is 0 Å². The lowest BCUT2D eigenvalue weighted by atomic mass is 9.95. The summed E-state index contributed by atoms with van der Waals surface area (Å²) in [7, 11) is 0. The minimum Gasteiger partial charge on any atom is -0.465 e. The first-order chi connectivity index (χ1) is 9.92. The van der Waals surface area contributed by atoms with Crippen LogP contribution in [0.2, 0.25) is 0 Å². The van der Waals surface area contributed by atoms with Gasteiger partial charge in [0, 0.05) is 6.54 Å². The minimum atomic E-state index is -0.629. The molecule has 6 heteroatoms. The summed E-state index contributed by atoms with van der Waals surface area (Å²) in [6, 6.07) is 0. The molecule has 0 amide bonds. The van der Waals surface area contributed by atoms with Gasteiger partial charge in [-0.3, -0.25) is 9.48 Å². The molecule has 1 aromatic rings. The van der Waals surface area contributed by atoms with Gasteiger partial charge in [-0.2, -0.15) is 5.10 Å². The lowest BCUT2D eigenvalue weighted by Crippen LogP contribution is -2.50. The zero-order valence-corrected chi connectivity index (χ0v) is 13.9. The Morgan fingerprint density at radius 1 is 1.38 bits per heavy atom. The second kappa shape index (κ2) is 8.12. The molecule has 0 aliphatic rings. The first-order valence-electron chi connectivity index (χ1n) is 7.73. The fourth-order valence-electron chi connectivity index (χ4n) is 2.31. The van der Waals surface area contributed by atoms with E-state index in [1.807, 2.05) is 32.4 Å². The van der Waals surface area contributed by atoms with Crippen molar-refractivity contribution >= 4 is 5.97 Å². The molecule has 0 aromatic carbocycles. The van der Waals surface area contributed by atoms with Gasteiger partial charge in [-0.1, -0.05) is 6.92 Å². The summed E-state index contributed by atoms with van der Waals surface area (Å²) in [5.74, 6) is 1.52. The van der Waals surface area contributed by atoms with Crippen molar-refractivity contribution < 1.29 is 9.53 Å². The highest BCUT2D eigenvalue weighted by Gasteiger charge is 2.33. The van der Waals surface area contributed by atoms with Crippen LogP contribution in [0.3, 0.4) is 0 Å². The van der Waals surface area contributed by atoms with E-state index in [0.717, 1.165) is 37.6 Å². The largest absolute Gasteiger partial charge is 0.465 e. The van der Waals surface area contributed by atoms with Crippen molar-refractivity contribution in [2.24, 2.45) is 0 Å². The van der Waals surface area contributed by atoms with Crippen LogP contribution >= 0.6 is 0 Å². The molecule has 1 rings (SSSR count). The highest BCUT2D eigenvalue weighted by Crippen LogP contribution is 2.16. The van der Waals surface area contributed by atoms with Crippen LogP contribution in [0.15, 0.2) is 0 Å². The second-order valence-electron chi connectivity index (χ2n) is 5.51. The third kappa shape index (κ3) is 5.12. The zero-order chi connectivity index (χ0) is 15.9. The maximum Gasteiger partial charge on any atom is 0.326 e. The third-order valence-electron chi connectivity index (χ3n) is 3.50. The second-order valence-corrected chi connectivity index (χ2v) is 5.51. The molecule has 6 nitrogen and oxygen atoms in total. The number of nitrogens with zero attached hydrogens (tertiary/aromatic N) is 3. The lowest BCUT2D eigenvalue weighted by molar-refractivity contribution is -0.150. The Morgan fingerprint density at radius 3 is 2.62 bits per heavy atom. The van der Waals surface area contributed by atoms with Crippen molar-refractivity contribution in [1.29, 1.82) is 0 Å². The monoisotopic (exact) mass is 296 g/mol. The maximum atomic E-state index is 12.2. The predicted octanol–water partition coefficient (Wildman–Crippen LogP) is 2.00. The molecular formula is C15H28N4O2. The van der Waals surface area contributed by atoms with Gasteiger partial charge in [-0.25, -0.2) is 4.98 Å². The Labute approximate surface area is 127 Å². The van der Waals surface area contributed by atoms with Crippen LogP contribution in [-0.4, -0.2) is 39.4 Å². The number of nitrogens with one attached hydrogen (secondary N) is 1. The molecule has 0 saturated heterocycles. The standard InChI is InChI=1S/C15H28N4O2/c1-6-10-16-15(5,14(20)21-7-2)9-8-11-19-13(4)17-12(3)18-19/h16H,6-11H2,1-5H3. The van der Waals surface area contributed by atoms with Gasteiger partial charge in [-0.05, 0) is 53.5 Å². The Bertz CT molecular complexity index is 459. The minimum absolute atomic E-state index is 0.176. The van der Waals surface area contributed by atoms with Crippen LogP contribution in [0.25, 0.3) is 0 Å². The molecule has 0 saturated carbocycles. The topological polar surface area (TPSA) is 69.0 Å². The highest BCUT2D eigenvalue weighted by atomic mass is 16.5. The molecule has 0 radical (unpaired) electrons. The molecule has 0 spiro atoms. The summed E-state index contributed by atoms with van der Waals surface area (Å²) >= 11 is 0. The maximum absolute atomic E-state index is 12.2. The Morgan fingerprint density at radius 2 is 2.10 bits per heavy atom. The van der Waals surface area contributed by atoms with Crippen molar-refractivity contribution in [3.05, 3.63) is 11.6 Å². The Hall–Kier alpha value is -1.43. The van der Waals surface area contributed by atoms with Gasteiger partial charge < -0.3 is 10.1 Å². The summed E-state index contributed by atoms with van der Waals surface area (Å²) in [5, 5.41) is 7.66. The van der Waals surface area contributed by atoms with Crippen LogP contribution in [0.1, 0.15) is 51.7 Å². The normalized spacial score (nSPS) is 14.0. The molecule has 1 atom stereocenters. The number of carbonyl (C=O) groups excluding carboxylic acids is 1. The molecule has 1 aromatic heterocycles. The van der Waals surface area contributed by atoms with Gasteiger partial charge in [-0.15, -0.1) is 0 Å². The zero-order valence-electron chi connectivity index (χ0n) is 13.9. The SMILES string of the molecule is CCCNC(C)(CCCn1nc(C)nc1C)C(=O)OCC. The summed E-state index contributed by atoms with van der Waals surface area (Å²) < 4.78 is 7.09. The Balaban J connectivity index is 2.60. The number of esters is 1. The van der Waals surface area contributed by atoms with E-state index in [4.69, 9.17) is 4.74 Å². The summed E-state index contributed by atoms with van der Waals surface area (Å²) in [6.45, 7) is 11.6. The summed E-state index contributed by atoms with van der Waals surface area (Å²) in [6.07, 6.45) is 2.54. The van der Waals surface area contributed by atoms with Crippen LogP contribution < -0.4 is 5.32 Å². The van der Waals surface area contributed by atoms with E-state index < -0.39 is 5.54 Å². The fraction of sp³-hybridized carbons (Fsp3) is 0.800. The van der Waals surface area contributed by atoms with Gasteiger partial charge >= 0.3 is 5.97 Å². The smallest absolute Gasteiger partial charge is 0.326 e. The van der Waals surface area contributed by atoms with E-state index in [-0.39, 0.29) is 5.97 Å². The first kappa shape index (κ1) is 17.6. The number of aryl methyl sites for hydroxylation is 3. The van der Waals surface area contributed by atoms with E-state index >= 15 is 0 Å². The van der Waals surface area contributed by atoms with Crippen molar-refractivity contribution in [3.8, 4) is 0 Å². The van der Waals surface area contributed by atoms with Gasteiger partial charge in [0.2, 0.25) is 0 Å². The van der Waals surface area contributed by atoms with Crippen LogP contribution in [0, 0.1) is 13.8 Å². The molecule has 21 heavy (non-hydrogen) atoms. The van der Waals surface area contributed by atoms with Gasteiger partial charge in [0.05, 0.1) is 6.61 Å². The molecule has 1 heterocycles. The van der Waals surface area contributed by atoms with E-state index in [1.54, 1.807) is 0 Å². The number of ether oxygens (including phenoxy) is 1. The Kier molecular flexibility index (Phi) is 6.81. The number of rotatable bonds is 9. The number of hydrogen-bond donors (Lipinski definition) is 1. The molecule has 0 aliphatic heterocycles. The molecule has 120 valence electrons. The van der Waals surface area contributed by atoms with Gasteiger partial charge in [0.15, 0.2) is 0 Å².